The minimum Gasteiger partial charge on any atom is -0.466 e. The van der Waals surface area contributed by atoms with E-state index in [2.05, 4.69) is 0 Å². The highest BCUT2D eigenvalue weighted by molar-refractivity contribution is 5.81. The van der Waals surface area contributed by atoms with Gasteiger partial charge in [0.25, 0.3) is 0 Å². The quantitative estimate of drug-likeness (QED) is 0.842. The first-order chi connectivity index (χ1) is 8.36. The molecule has 0 fully saturated rings. The lowest BCUT2D eigenvalue weighted by Gasteiger charge is -2.28. The Morgan fingerprint density at radius 3 is 2.61 bits per heavy atom. The van der Waals surface area contributed by atoms with Crippen molar-refractivity contribution in [3.05, 3.63) is 23.7 Å². The molecule has 0 saturated heterocycles. The van der Waals surface area contributed by atoms with Gasteiger partial charge in [0.1, 0.15) is 11.5 Å². The highest BCUT2D eigenvalue weighted by Gasteiger charge is 2.29. The number of nitrogens with zero attached hydrogens (tertiary/aromatic N) is 1. The molecule has 1 aromatic rings. The normalized spacial score (nSPS) is 11.6. The minimum atomic E-state index is -0.386. The van der Waals surface area contributed by atoms with Crippen molar-refractivity contribution in [3.8, 4) is 0 Å². The van der Waals surface area contributed by atoms with Crippen LogP contribution in [0, 0.1) is 12.3 Å². The molecule has 0 spiro atoms. The molecule has 4 nitrogen and oxygen atoms in total. The van der Waals surface area contributed by atoms with Gasteiger partial charge in [0.15, 0.2) is 0 Å². The van der Waals surface area contributed by atoms with Gasteiger partial charge in [-0.25, -0.2) is 0 Å². The lowest BCUT2D eigenvalue weighted by molar-refractivity contribution is -0.139. The summed E-state index contributed by atoms with van der Waals surface area (Å²) in [7, 11) is 1.83. The van der Waals surface area contributed by atoms with Crippen LogP contribution in [-0.4, -0.2) is 30.9 Å². The maximum atomic E-state index is 12.2. The van der Waals surface area contributed by atoms with Crippen LogP contribution in [0.25, 0.3) is 0 Å². The van der Waals surface area contributed by atoms with E-state index in [0.717, 1.165) is 17.9 Å². The minimum absolute atomic E-state index is 0.135. The summed E-state index contributed by atoms with van der Waals surface area (Å²) in [6, 6.07) is 3.90. The molecule has 0 aliphatic carbocycles. The zero-order chi connectivity index (χ0) is 13.8. The Morgan fingerprint density at radius 2 is 2.11 bits per heavy atom. The van der Waals surface area contributed by atoms with Gasteiger partial charge in [-0.1, -0.05) is 13.8 Å². The Hall–Kier alpha value is -1.29. The second kappa shape index (κ2) is 6.05. The summed E-state index contributed by atoms with van der Waals surface area (Å²) in [4.78, 5) is 14.0. The Kier molecular flexibility index (Phi) is 4.96. The van der Waals surface area contributed by atoms with Gasteiger partial charge in [0.05, 0.1) is 0 Å². The number of aryl methyl sites for hydroxylation is 1. The number of nitrogens with two attached hydrogens (primary N) is 1. The van der Waals surface area contributed by atoms with E-state index < -0.39 is 0 Å². The van der Waals surface area contributed by atoms with E-state index >= 15 is 0 Å². The fraction of sp³-hybridized carbons (Fsp3) is 0.643. The van der Waals surface area contributed by atoms with Gasteiger partial charge in [-0.15, -0.1) is 0 Å². The van der Waals surface area contributed by atoms with Crippen molar-refractivity contribution in [1.29, 1.82) is 0 Å². The zero-order valence-corrected chi connectivity index (χ0v) is 11.8. The van der Waals surface area contributed by atoms with Crippen LogP contribution in [0.4, 0.5) is 0 Å². The van der Waals surface area contributed by atoms with Gasteiger partial charge in [0.2, 0.25) is 5.91 Å². The maximum Gasteiger partial charge on any atom is 0.228 e. The van der Waals surface area contributed by atoms with E-state index in [1.807, 2.05) is 40.0 Å². The molecule has 0 unspecified atom stereocenters. The largest absolute Gasteiger partial charge is 0.466 e. The van der Waals surface area contributed by atoms with Gasteiger partial charge >= 0.3 is 0 Å². The molecule has 0 saturated carbocycles. The van der Waals surface area contributed by atoms with E-state index in [1.54, 1.807) is 4.90 Å². The topological polar surface area (TPSA) is 59.5 Å². The van der Waals surface area contributed by atoms with E-state index in [1.165, 1.54) is 0 Å². The van der Waals surface area contributed by atoms with Gasteiger partial charge in [-0.3, -0.25) is 4.79 Å². The summed E-state index contributed by atoms with van der Waals surface area (Å²) < 4.78 is 5.49. The average molecular weight is 252 g/mol. The number of carbonyl (C=O) groups excluding carboxylic acids is 1. The molecule has 1 aromatic heterocycles. The third kappa shape index (κ3) is 3.88. The predicted molar refractivity (Wildman–Crippen MR) is 72.2 cm³/mol. The first-order valence-electron chi connectivity index (χ1n) is 6.38. The number of hydrogen-bond acceptors (Lipinski definition) is 3. The fourth-order valence-corrected chi connectivity index (χ4v) is 1.98. The number of amides is 1. The summed E-state index contributed by atoms with van der Waals surface area (Å²) in [5.41, 5.74) is 5.15. The standard InChI is InChI=1S/C14H24N2O2/c1-11-5-6-12(18-11)7-10-16(4)13(17)14(2,3)8-9-15/h5-6H,7-10,15H2,1-4H3. The molecule has 1 heterocycles. The fourth-order valence-electron chi connectivity index (χ4n) is 1.98. The van der Waals surface area contributed by atoms with E-state index in [-0.39, 0.29) is 11.3 Å². The summed E-state index contributed by atoms with van der Waals surface area (Å²) in [5, 5.41) is 0. The Morgan fingerprint density at radius 1 is 1.44 bits per heavy atom. The van der Waals surface area contributed by atoms with Crippen LogP contribution in [0.5, 0.6) is 0 Å². The molecule has 0 atom stereocenters. The van der Waals surface area contributed by atoms with Crippen LogP contribution in [0.1, 0.15) is 31.8 Å². The number of likely N-dealkylation sites (N-methyl/N-ethyl adjacent to an activating group) is 1. The molecule has 0 aliphatic heterocycles. The molecular weight excluding hydrogens is 228 g/mol. The van der Waals surface area contributed by atoms with Gasteiger partial charge in [-0.2, -0.15) is 0 Å². The van der Waals surface area contributed by atoms with E-state index in [9.17, 15) is 4.79 Å². The molecule has 2 N–H and O–H groups in total. The number of carbonyl (C=O) groups is 1. The first-order valence-corrected chi connectivity index (χ1v) is 6.38. The molecule has 0 aliphatic rings. The lowest BCUT2D eigenvalue weighted by atomic mass is 9.87. The predicted octanol–water partition coefficient (Wildman–Crippen LogP) is 1.96. The summed E-state index contributed by atoms with van der Waals surface area (Å²) in [6.07, 6.45) is 1.45. The summed E-state index contributed by atoms with van der Waals surface area (Å²) >= 11 is 0. The van der Waals surface area contributed by atoms with Crippen LogP contribution >= 0.6 is 0 Å². The smallest absolute Gasteiger partial charge is 0.228 e. The highest BCUT2D eigenvalue weighted by atomic mass is 16.3. The molecule has 18 heavy (non-hydrogen) atoms. The van der Waals surface area contributed by atoms with Crippen LogP contribution in [0.2, 0.25) is 0 Å². The van der Waals surface area contributed by atoms with Crippen molar-refractivity contribution in [3.63, 3.8) is 0 Å². The number of hydrogen-bond donors (Lipinski definition) is 1. The maximum absolute atomic E-state index is 12.2. The molecule has 0 aromatic carbocycles. The van der Waals surface area contributed by atoms with Gasteiger partial charge < -0.3 is 15.1 Å². The van der Waals surface area contributed by atoms with Gasteiger partial charge in [-0.05, 0) is 32.0 Å². The zero-order valence-electron chi connectivity index (χ0n) is 11.8. The summed E-state index contributed by atoms with van der Waals surface area (Å²) in [5.74, 6) is 1.96. The molecule has 0 radical (unpaired) electrons. The van der Waals surface area contributed by atoms with Crippen LogP contribution in [0.15, 0.2) is 16.5 Å². The molecular formula is C14H24N2O2. The van der Waals surface area contributed by atoms with Crippen molar-refractivity contribution < 1.29 is 9.21 Å². The van der Waals surface area contributed by atoms with Crippen molar-refractivity contribution in [2.24, 2.45) is 11.1 Å². The van der Waals surface area contributed by atoms with Gasteiger partial charge in [0, 0.05) is 25.4 Å². The summed E-state index contributed by atoms with van der Waals surface area (Å²) in [6.45, 7) is 7.00. The van der Waals surface area contributed by atoms with Crippen LogP contribution in [0.3, 0.4) is 0 Å². The Bertz CT molecular complexity index is 396. The second-order valence-electron chi connectivity index (χ2n) is 5.41. The number of rotatable bonds is 6. The van der Waals surface area contributed by atoms with E-state index in [0.29, 0.717) is 19.5 Å². The second-order valence-corrected chi connectivity index (χ2v) is 5.41. The Balaban J connectivity index is 2.50. The van der Waals surface area contributed by atoms with Crippen molar-refractivity contribution in [2.45, 2.75) is 33.6 Å². The highest BCUT2D eigenvalue weighted by Crippen LogP contribution is 2.22. The molecule has 0 bridgehead atoms. The van der Waals surface area contributed by atoms with E-state index in [4.69, 9.17) is 10.2 Å². The molecule has 102 valence electrons. The van der Waals surface area contributed by atoms with Crippen molar-refractivity contribution in [1.82, 2.24) is 4.90 Å². The van der Waals surface area contributed by atoms with Crippen LogP contribution < -0.4 is 5.73 Å². The third-order valence-electron chi connectivity index (χ3n) is 3.18. The SMILES string of the molecule is Cc1ccc(CCN(C)C(=O)C(C)(C)CCN)o1. The molecule has 1 amide bonds. The monoisotopic (exact) mass is 252 g/mol. The van der Waals surface area contributed by atoms with Crippen molar-refractivity contribution >= 4 is 5.91 Å². The first kappa shape index (κ1) is 14.8. The lowest BCUT2D eigenvalue weighted by Crippen LogP contribution is -2.40. The molecule has 1 rings (SSSR count). The molecule has 4 heteroatoms. The average Bonchev–Trinajstić information content (AvgIpc) is 2.71. The van der Waals surface area contributed by atoms with Crippen LogP contribution in [-0.2, 0) is 11.2 Å². The van der Waals surface area contributed by atoms with Crippen molar-refractivity contribution in [2.75, 3.05) is 20.1 Å². The number of furan rings is 1. The third-order valence-corrected chi connectivity index (χ3v) is 3.18. The Labute approximate surface area is 109 Å².